The monoisotopic (exact) mass is 624 g/mol. The minimum Gasteiger partial charge on any atom is -0.480 e. The Morgan fingerprint density at radius 1 is 1.07 bits per heavy atom. The second kappa shape index (κ2) is 14.9. The Morgan fingerprint density at radius 3 is 2.40 bits per heavy atom. The smallest absolute Gasteiger partial charge is 0.326 e. The van der Waals surface area contributed by atoms with Gasteiger partial charge in [-0.2, -0.15) is 9.97 Å². The van der Waals surface area contributed by atoms with E-state index in [1.165, 1.54) is 0 Å². The topological polar surface area (TPSA) is 238 Å². The summed E-state index contributed by atoms with van der Waals surface area (Å²) in [6.45, 7) is 9.53. The highest BCUT2D eigenvalue weighted by molar-refractivity contribution is 5.97. The summed E-state index contributed by atoms with van der Waals surface area (Å²) in [6, 6.07) is 5.41. The Hall–Kier alpha value is -4.63. The lowest BCUT2D eigenvalue weighted by atomic mass is 9.89. The molecule has 1 aromatic carbocycles. The average Bonchev–Trinajstić information content (AvgIpc) is 2.98. The molecule has 244 valence electrons. The van der Waals surface area contributed by atoms with Crippen molar-refractivity contribution in [1.82, 2.24) is 30.6 Å². The van der Waals surface area contributed by atoms with Gasteiger partial charge in [-0.1, -0.05) is 13.8 Å². The molecule has 2 amide bonds. The maximum Gasteiger partial charge on any atom is 0.326 e. The van der Waals surface area contributed by atoms with Crippen LogP contribution in [0.1, 0.15) is 63.0 Å². The highest BCUT2D eigenvalue weighted by Crippen LogP contribution is 2.21. The molecule has 45 heavy (non-hydrogen) atoms. The van der Waals surface area contributed by atoms with E-state index in [2.05, 4.69) is 30.6 Å². The molecule has 2 aromatic heterocycles. The predicted octanol–water partition coefficient (Wildman–Crippen LogP) is 1.47. The molecule has 0 aliphatic carbocycles. The fourth-order valence-electron chi connectivity index (χ4n) is 4.21. The number of hydrogen-bond donors (Lipinski definition) is 6. The number of amides is 2. The first-order valence-corrected chi connectivity index (χ1v) is 14.6. The van der Waals surface area contributed by atoms with Gasteiger partial charge < -0.3 is 42.6 Å². The van der Waals surface area contributed by atoms with Crippen LogP contribution in [0.15, 0.2) is 30.5 Å². The molecule has 0 fully saturated rings. The van der Waals surface area contributed by atoms with Crippen molar-refractivity contribution in [3.05, 3.63) is 41.7 Å². The number of nitrogens with one attached hydrogen (secondary N) is 2. The van der Waals surface area contributed by atoms with Crippen molar-refractivity contribution >= 4 is 46.4 Å². The Morgan fingerprint density at radius 2 is 1.76 bits per heavy atom. The molecular formula is C30H44N10O5. The number of rotatable bonds is 16. The van der Waals surface area contributed by atoms with E-state index in [-0.39, 0.29) is 41.5 Å². The van der Waals surface area contributed by atoms with Gasteiger partial charge in [-0.25, -0.2) is 14.8 Å². The molecule has 1 unspecified atom stereocenters. The number of aliphatic carboxylic acids is 1. The number of carbonyl (C=O) groups is 3. The third-order valence-corrected chi connectivity index (χ3v) is 7.26. The minimum atomic E-state index is -1.23. The summed E-state index contributed by atoms with van der Waals surface area (Å²) in [5.74, 6) is -1.93. The van der Waals surface area contributed by atoms with Gasteiger partial charge in [0.15, 0.2) is 17.0 Å². The number of benzene rings is 1. The van der Waals surface area contributed by atoms with Crippen LogP contribution in [0.4, 0.5) is 17.5 Å². The molecule has 0 aliphatic heterocycles. The van der Waals surface area contributed by atoms with E-state index in [9.17, 15) is 19.5 Å². The second-order valence-corrected chi connectivity index (χ2v) is 12.3. The van der Waals surface area contributed by atoms with Gasteiger partial charge in [0.1, 0.15) is 6.04 Å². The van der Waals surface area contributed by atoms with Gasteiger partial charge in [-0.15, -0.1) is 0 Å². The Balaban J connectivity index is 1.50. The number of nitrogens with zero attached hydrogens (tertiary/aromatic N) is 5. The number of carboxylic acids is 1. The molecule has 0 bridgehead atoms. The summed E-state index contributed by atoms with van der Waals surface area (Å²) in [4.78, 5) is 55.8. The normalized spacial score (nSPS) is 12.5. The number of anilines is 3. The number of carbonyl (C=O) groups excluding carboxylic acids is 2. The first kappa shape index (κ1) is 34.9. The summed E-state index contributed by atoms with van der Waals surface area (Å²) < 4.78 is 5.80. The van der Waals surface area contributed by atoms with Crippen molar-refractivity contribution < 1.29 is 24.2 Å². The average molecular weight is 625 g/mol. The van der Waals surface area contributed by atoms with Crippen LogP contribution < -0.4 is 32.7 Å². The summed E-state index contributed by atoms with van der Waals surface area (Å²) >= 11 is 0. The maximum atomic E-state index is 12.8. The minimum absolute atomic E-state index is 0.0176. The van der Waals surface area contributed by atoms with Crippen molar-refractivity contribution in [1.29, 1.82) is 0 Å². The van der Waals surface area contributed by atoms with Crippen molar-refractivity contribution in [3.8, 4) is 0 Å². The van der Waals surface area contributed by atoms with Crippen LogP contribution in [-0.4, -0.2) is 81.2 Å². The molecule has 1 atom stereocenters. The third-order valence-electron chi connectivity index (χ3n) is 7.26. The van der Waals surface area contributed by atoms with E-state index < -0.39 is 23.5 Å². The summed E-state index contributed by atoms with van der Waals surface area (Å²) in [5.41, 5.74) is 18.9. The standard InChI is InChI=1S/C30H44N10O5/c1-29(2,12-13-45-30(3,4)16-31)17-35-22(41)11-10-21(27(43)44)37-26(42)18-6-8-20(9-7-18)40(5)15-19-14-34-25-23(36-19)24(32)38-28(33)39-25/h6-9,14,21H,10-13,15-17,31H2,1-5H3,(H,35,41)(H,37,42)(H,43,44)(H4,32,33,34,38,39). The van der Waals surface area contributed by atoms with Gasteiger partial charge in [0.25, 0.3) is 5.91 Å². The summed E-state index contributed by atoms with van der Waals surface area (Å²) in [5, 5.41) is 15.0. The molecule has 15 heteroatoms. The number of fused-ring (bicyclic) bond motifs is 1. The first-order valence-electron chi connectivity index (χ1n) is 14.6. The second-order valence-electron chi connectivity index (χ2n) is 12.3. The largest absolute Gasteiger partial charge is 0.480 e. The highest BCUT2D eigenvalue weighted by atomic mass is 16.5. The molecule has 15 nitrogen and oxygen atoms in total. The molecule has 9 N–H and O–H groups in total. The zero-order valence-corrected chi connectivity index (χ0v) is 26.5. The fourth-order valence-corrected chi connectivity index (χ4v) is 4.21. The molecule has 0 spiro atoms. The number of carboxylic acid groups (broad SMARTS) is 1. The first-order chi connectivity index (χ1) is 21.1. The molecule has 3 aromatic rings. The van der Waals surface area contributed by atoms with Gasteiger partial charge in [-0.05, 0) is 56.4 Å². The van der Waals surface area contributed by atoms with E-state index in [1.807, 2.05) is 39.6 Å². The van der Waals surface area contributed by atoms with Crippen LogP contribution in [-0.2, 0) is 20.9 Å². The summed E-state index contributed by atoms with van der Waals surface area (Å²) in [7, 11) is 1.84. The number of aromatic nitrogens is 4. The zero-order chi connectivity index (χ0) is 33.4. The van der Waals surface area contributed by atoms with E-state index in [0.717, 1.165) is 5.69 Å². The van der Waals surface area contributed by atoms with Crippen molar-refractivity contribution in [2.45, 2.75) is 65.1 Å². The lowest BCUT2D eigenvalue weighted by Gasteiger charge is -2.29. The number of nitrogen functional groups attached to an aromatic ring is 2. The maximum absolute atomic E-state index is 12.8. The van der Waals surface area contributed by atoms with Crippen LogP contribution in [0.3, 0.4) is 0 Å². The molecule has 0 radical (unpaired) electrons. The highest BCUT2D eigenvalue weighted by Gasteiger charge is 2.24. The lowest BCUT2D eigenvalue weighted by molar-refractivity contribution is -0.139. The Bertz CT molecular complexity index is 1500. The molecule has 3 rings (SSSR count). The predicted molar refractivity (Wildman–Crippen MR) is 171 cm³/mol. The van der Waals surface area contributed by atoms with Crippen LogP contribution in [0.5, 0.6) is 0 Å². The molecule has 0 saturated heterocycles. The van der Waals surface area contributed by atoms with E-state index in [4.69, 9.17) is 21.9 Å². The number of ether oxygens (including phenoxy) is 1. The molecular weight excluding hydrogens is 580 g/mol. The molecule has 0 saturated carbocycles. The Kier molecular flexibility index (Phi) is 11.5. The molecule has 0 aliphatic rings. The van der Waals surface area contributed by atoms with Gasteiger partial charge in [-0.3, -0.25) is 9.59 Å². The molecule has 2 heterocycles. The number of hydrogen-bond acceptors (Lipinski definition) is 12. The fraction of sp³-hybridized carbons (Fsp3) is 0.500. The van der Waals surface area contributed by atoms with E-state index in [1.54, 1.807) is 30.5 Å². The zero-order valence-electron chi connectivity index (χ0n) is 26.5. The van der Waals surface area contributed by atoms with Crippen LogP contribution in [0.25, 0.3) is 11.2 Å². The third kappa shape index (κ3) is 10.5. The number of nitrogens with two attached hydrogens (primary N) is 3. The van der Waals surface area contributed by atoms with Crippen molar-refractivity contribution in [2.24, 2.45) is 11.1 Å². The van der Waals surface area contributed by atoms with Crippen LogP contribution in [0, 0.1) is 5.41 Å². The van der Waals surface area contributed by atoms with Crippen LogP contribution in [0.2, 0.25) is 0 Å². The van der Waals surface area contributed by atoms with Crippen molar-refractivity contribution in [2.75, 3.05) is 43.1 Å². The quantitative estimate of drug-likeness (QED) is 0.132. The van der Waals surface area contributed by atoms with Gasteiger partial charge in [0, 0.05) is 44.4 Å². The van der Waals surface area contributed by atoms with E-state index >= 15 is 0 Å². The lowest BCUT2D eigenvalue weighted by Crippen LogP contribution is -2.42. The van der Waals surface area contributed by atoms with Gasteiger partial charge in [0.05, 0.1) is 24.0 Å². The van der Waals surface area contributed by atoms with Gasteiger partial charge in [0.2, 0.25) is 11.9 Å². The van der Waals surface area contributed by atoms with Crippen molar-refractivity contribution in [3.63, 3.8) is 0 Å². The summed E-state index contributed by atoms with van der Waals surface area (Å²) in [6.07, 6.45) is 2.16. The van der Waals surface area contributed by atoms with Gasteiger partial charge >= 0.3 is 5.97 Å². The van der Waals surface area contributed by atoms with Crippen LogP contribution >= 0.6 is 0 Å². The SMILES string of the molecule is CN(Cc1cnc2nc(N)nc(N)c2n1)c1ccc(C(=O)NC(CCC(=O)NCC(C)(C)CCOC(C)(C)CN)C(=O)O)cc1. The van der Waals surface area contributed by atoms with E-state index in [0.29, 0.717) is 49.5 Å². The Labute approximate surface area is 262 Å².